The molecule has 0 unspecified atom stereocenters. The van der Waals surface area contributed by atoms with Gasteiger partial charge in [-0.05, 0) is 73.9 Å². The first-order chi connectivity index (χ1) is 14.4. The van der Waals surface area contributed by atoms with Crippen LogP contribution in [-0.2, 0) is 22.9 Å². The second-order valence-corrected chi connectivity index (χ2v) is 9.99. The molecule has 0 spiro atoms. The number of carbonyl (C=O) groups is 1. The van der Waals surface area contributed by atoms with Gasteiger partial charge < -0.3 is 10.1 Å². The van der Waals surface area contributed by atoms with E-state index >= 15 is 0 Å². The van der Waals surface area contributed by atoms with Crippen molar-refractivity contribution in [3.8, 4) is 5.75 Å². The van der Waals surface area contributed by atoms with Gasteiger partial charge in [-0.3, -0.25) is 4.79 Å². The minimum Gasteiger partial charge on any atom is -0.496 e. The van der Waals surface area contributed by atoms with Crippen LogP contribution in [0.4, 0.5) is 0 Å². The van der Waals surface area contributed by atoms with Crippen LogP contribution in [0.3, 0.4) is 0 Å². The van der Waals surface area contributed by atoms with Crippen LogP contribution in [0.5, 0.6) is 5.75 Å². The zero-order chi connectivity index (χ0) is 21.3. The molecule has 2 aromatic carbocycles. The van der Waals surface area contributed by atoms with Crippen molar-refractivity contribution in [3.63, 3.8) is 0 Å². The average molecular weight is 429 g/mol. The van der Waals surface area contributed by atoms with Gasteiger partial charge in [0.2, 0.25) is 10.0 Å². The molecular formula is C23H28N2O4S. The van der Waals surface area contributed by atoms with Crippen molar-refractivity contribution in [1.82, 2.24) is 9.62 Å². The van der Waals surface area contributed by atoms with Crippen LogP contribution in [0.2, 0.25) is 0 Å². The maximum atomic E-state index is 13.0. The summed E-state index contributed by atoms with van der Waals surface area (Å²) in [5.74, 6) is 0.00680. The molecule has 1 fully saturated rings. The Hall–Kier alpha value is -2.38. The second kappa shape index (κ2) is 8.40. The third-order valence-corrected chi connectivity index (χ3v) is 7.98. The molecule has 1 aliphatic heterocycles. The molecule has 7 heteroatoms. The number of amides is 1. The van der Waals surface area contributed by atoms with Gasteiger partial charge in [0.15, 0.2) is 0 Å². The smallest absolute Gasteiger partial charge is 0.255 e. The molecule has 0 bridgehead atoms. The highest BCUT2D eigenvalue weighted by molar-refractivity contribution is 7.89. The molecule has 2 aromatic rings. The van der Waals surface area contributed by atoms with Gasteiger partial charge >= 0.3 is 0 Å². The van der Waals surface area contributed by atoms with Crippen molar-refractivity contribution < 1.29 is 17.9 Å². The van der Waals surface area contributed by atoms with Gasteiger partial charge in [0.05, 0.1) is 23.6 Å². The molecule has 1 saturated heterocycles. The Kier molecular flexibility index (Phi) is 5.84. The molecule has 1 atom stereocenters. The number of fused-ring (bicyclic) bond motifs is 1. The van der Waals surface area contributed by atoms with Gasteiger partial charge in [0.25, 0.3) is 5.91 Å². The third-order valence-electron chi connectivity index (χ3n) is 6.09. The highest BCUT2D eigenvalue weighted by Crippen LogP contribution is 2.28. The maximum absolute atomic E-state index is 13.0. The van der Waals surface area contributed by atoms with Gasteiger partial charge in [-0.25, -0.2) is 8.42 Å². The summed E-state index contributed by atoms with van der Waals surface area (Å²) in [4.78, 5) is 13.2. The summed E-state index contributed by atoms with van der Waals surface area (Å²) in [7, 11) is -2.13. The summed E-state index contributed by atoms with van der Waals surface area (Å²) in [6, 6.07) is 10.7. The fourth-order valence-corrected chi connectivity index (χ4v) is 5.87. The summed E-state index contributed by atoms with van der Waals surface area (Å²) in [6.45, 7) is 2.97. The van der Waals surface area contributed by atoms with E-state index in [0.717, 1.165) is 31.2 Å². The fraction of sp³-hybridized carbons (Fsp3) is 0.435. The Balaban J connectivity index is 1.58. The third kappa shape index (κ3) is 3.96. The molecular weight excluding hydrogens is 400 g/mol. The molecule has 2 aliphatic rings. The summed E-state index contributed by atoms with van der Waals surface area (Å²) in [5.41, 5.74) is 4.01. The number of carbonyl (C=O) groups excluding carboxylic acids is 1. The zero-order valence-electron chi connectivity index (χ0n) is 17.5. The molecule has 4 rings (SSSR count). The monoisotopic (exact) mass is 428 g/mol. The molecule has 1 aliphatic carbocycles. The van der Waals surface area contributed by atoms with E-state index in [2.05, 4.69) is 23.5 Å². The van der Waals surface area contributed by atoms with E-state index in [1.54, 1.807) is 6.07 Å². The van der Waals surface area contributed by atoms with Crippen LogP contribution in [0.15, 0.2) is 41.3 Å². The largest absolute Gasteiger partial charge is 0.496 e. The first-order valence-corrected chi connectivity index (χ1v) is 11.9. The zero-order valence-corrected chi connectivity index (χ0v) is 18.3. The lowest BCUT2D eigenvalue weighted by molar-refractivity contribution is 0.0936. The lowest BCUT2D eigenvalue weighted by Crippen LogP contribution is -2.29. The topological polar surface area (TPSA) is 75.7 Å². The van der Waals surface area contributed by atoms with Crippen molar-refractivity contribution in [2.24, 2.45) is 0 Å². The number of hydrogen-bond acceptors (Lipinski definition) is 4. The first kappa shape index (κ1) is 20.9. The van der Waals surface area contributed by atoms with E-state index in [-0.39, 0.29) is 22.4 Å². The van der Waals surface area contributed by atoms with E-state index in [0.29, 0.717) is 18.8 Å². The number of nitrogens with one attached hydrogen (secondary N) is 1. The minimum atomic E-state index is -3.61. The summed E-state index contributed by atoms with van der Waals surface area (Å²) in [5, 5.41) is 3.00. The highest BCUT2D eigenvalue weighted by atomic mass is 32.2. The van der Waals surface area contributed by atoms with Gasteiger partial charge in [0.1, 0.15) is 5.75 Å². The summed E-state index contributed by atoms with van der Waals surface area (Å²) >= 11 is 0. The predicted molar refractivity (Wildman–Crippen MR) is 115 cm³/mol. The molecule has 1 N–H and O–H groups in total. The standard InChI is InChI=1S/C23H28N2O4S/c1-16(18-9-8-17-6-5-7-19(17)14-18)24-23(26)21-15-20(10-11-22(21)29-2)30(27,28)25-12-3-4-13-25/h8-11,14-16H,3-7,12-13H2,1-2H3,(H,24,26)/t16-/m1/s1. The van der Waals surface area contributed by atoms with E-state index < -0.39 is 10.0 Å². The molecule has 0 radical (unpaired) electrons. The number of benzene rings is 2. The van der Waals surface area contributed by atoms with E-state index in [1.165, 1.54) is 41.1 Å². The van der Waals surface area contributed by atoms with Crippen LogP contribution in [0.1, 0.15) is 59.3 Å². The van der Waals surface area contributed by atoms with Crippen LogP contribution in [0, 0.1) is 0 Å². The number of aryl methyl sites for hydroxylation is 2. The Morgan fingerprint density at radius 1 is 1.03 bits per heavy atom. The van der Waals surface area contributed by atoms with Crippen LogP contribution in [0.25, 0.3) is 0 Å². The Labute approximate surface area is 178 Å². The van der Waals surface area contributed by atoms with E-state index in [4.69, 9.17) is 4.74 Å². The molecule has 1 heterocycles. The fourth-order valence-electron chi connectivity index (χ4n) is 4.32. The normalized spacial score (nSPS) is 17.5. The quantitative estimate of drug-likeness (QED) is 0.765. The molecule has 0 aromatic heterocycles. The van der Waals surface area contributed by atoms with Crippen molar-refractivity contribution in [2.45, 2.75) is 50.0 Å². The molecule has 30 heavy (non-hydrogen) atoms. The molecule has 6 nitrogen and oxygen atoms in total. The first-order valence-electron chi connectivity index (χ1n) is 10.5. The van der Waals surface area contributed by atoms with Crippen molar-refractivity contribution >= 4 is 15.9 Å². The predicted octanol–water partition coefficient (Wildman–Crippen LogP) is 3.46. The van der Waals surface area contributed by atoms with Crippen LogP contribution < -0.4 is 10.1 Å². The minimum absolute atomic E-state index is 0.125. The maximum Gasteiger partial charge on any atom is 0.255 e. The Morgan fingerprint density at radius 2 is 1.77 bits per heavy atom. The molecule has 1 amide bonds. The number of hydrogen-bond donors (Lipinski definition) is 1. The SMILES string of the molecule is COc1ccc(S(=O)(=O)N2CCCC2)cc1C(=O)N[C@H](C)c1ccc2c(c1)CCC2. The molecule has 160 valence electrons. The van der Waals surface area contributed by atoms with E-state index in [9.17, 15) is 13.2 Å². The lowest BCUT2D eigenvalue weighted by Gasteiger charge is -2.19. The molecule has 0 saturated carbocycles. The van der Waals surface area contributed by atoms with Crippen LogP contribution >= 0.6 is 0 Å². The number of nitrogens with zero attached hydrogens (tertiary/aromatic N) is 1. The summed E-state index contributed by atoms with van der Waals surface area (Å²) in [6.07, 6.45) is 5.09. The number of methoxy groups -OCH3 is 1. The Morgan fingerprint density at radius 3 is 2.50 bits per heavy atom. The average Bonchev–Trinajstić information content (AvgIpc) is 3.44. The lowest BCUT2D eigenvalue weighted by atomic mass is 10.0. The van der Waals surface area contributed by atoms with Crippen LogP contribution in [-0.4, -0.2) is 38.8 Å². The van der Waals surface area contributed by atoms with Gasteiger partial charge in [-0.1, -0.05) is 18.2 Å². The highest BCUT2D eigenvalue weighted by Gasteiger charge is 2.29. The van der Waals surface area contributed by atoms with Crippen molar-refractivity contribution in [3.05, 3.63) is 58.7 Å². The summed E-state index contributed by atoms with van der Waals surface area (Å²) < 4.78 is 32.6. The van der Waals surface area contributed by atoms with Crippen molar-refractivity contribution in [1.29, 1.82) is 0 Å². The van der Waals surface area contributed by atoms with E-state index in [1.807, 2.05) is 6.92 Å². The van der Waals surface area contributed by atoms with Gasteiger partial charge in [0, 0.05) is 13.1 Å². The Bertz CT molecular complexity index is 1060. The number of sulfonamides is 1. The number of ether oxygens (including phenoxy) is 1. The van der Waals surface area contributed by atoms with Gasteiger partial charge in [-0.15, -0.1) is 0 Å². The number of rotatable bonds is 6. The second-order valence-electron chi connectivity index (χ2n) is 8.05. The van der Waals surface area contributed by atoms with Crippen molar-refractivity contribution in [2.75, 3.05) is 20.2 Å². The van der Waals surface area contributed by atoms with Gasteiger partial charge in [-0.2, -0.15) is 4.31 Å².